The van der Waals surface area contributed by atoms with Gasteiger partial charge in [0.25, 0.3) is 0 Å². The van der Waals surface area contributed by atoms with Gasteiger partial charge in [0.05, 0.1) is 24.0 Å². The monoisotopic (exact) mass is 301 g/mol. The van der Waals surface area contributed by atoms with Gasteiger partial charge < -0.3 is 9.84 Å². The predicted octanol–water partition coefficient (Wildman–Crippen LogP) is 1.86. The zero-order chi connectivity index (χ0) is 15.3. The second kappa shape index (κ2) is 6.71. The van der Waals surface area contributed by atoms with Crippen molar-refractivity contribution < 1.29 is 23.1 Å². The predicted molar refractivity (Wildman–Crippen MR) is 76.6 cm³/mol. The van der Waals surface area contributed by atoms with Gasteiger partial charge in [0.2, 0.25) is 10.0 Å². The third-order valence-electron chi connectivity index (χ3n) is 2.53. The second-order valence-electron chi connectivity index (χ2n) is 4.68. The molecule has 0 aliphatic carbocycles. The third-order valence-corrected chi connectivity index (χ3v) is 3.78. The van der Waals surface area contributed by atoms with Crippen LogP contribution in [0.2, 0.25) is 0 Å². The largest absolute Gasteiger partial charge is 0.478 e. The van der Waals surface area contributed by atoms with E-state index in [4.69, 9.17) is 9.84 Å². The van der Waals surface area contributed by atoms with Crippen molar-refractivity contribution >= 4 is 21.7 Å². The molecule has 0 spiro atoms. The van der Waals surface area contributed by atoms with Gasteiger partial charge in [-0.3, -0.25) is 4.72 Å². The minimum atomic E-state index is -3.50. The zero-order valence-electron chi connectivity index (χ0n) is 11.7. The maximum atomic E-state index is 11.8. The quantitative estimate of drug-likeness (QED) is 0.802. The van der Waals surface area contributed by atoms with Crippen LogP contribution in [-0.2, 0) is 14.8 Å². The molecule has 112 valence electrons. The van der Waals surface area contributed by atoms with E-state index in [1.54, 1.807) is 6.92 Å². The summed E-state index contributed by atoms with van der Waals surface area (Å²) in [6.45, 7) is 5.38. The van der Waals surface area contributed by atoms with Crippen molar-refractivity contribution in [3.05, 3.63) is 29.3 Å². The maximum Gasteiger partial charge on any atom is 0.335 e. The van der Waals surface area contributed by atoms with Gasteiger partial charge in [0.1, 0.15) is 0 Å². The average molecular weight is 301 g/mol. The Morgan fingerprint density at radius 1 is 1.40 bits per heavy atom. The van der Waals surface area contributed by atoms with Crippen LogP contribution in [0.15, 0.2) is 18.2 Å². The summed E-state index contributed by atoms with van der Waals surface area (Å²) >= 11 is 0. The van der Waals surface area contributed by atoms with Crippen molar-refractivity contribution in [3.63, 3.8) is 0 Å². The molecule has 0 amide bonds. The van der Waals surface area contributed by atoms with Crippen LogP contribution in [0.1, 0.15) is 29.8 Å². The highest BCUT2D eigenvalue weighted by molar-refractivity contribution is 7.92. The summed E-state index contributed by atoms with van der Waals surface area (Å²) in [7, 11) is -3.50. The summed E-state index contributed by atoms with van der Waals surface area (Å²) in [5, 5.41) is 8.90. The minimum Gasteiger partial charge on any atom is -0.478 e. The molecule has 6 nitrogen and oxygen atoms in total. The SMILES string of the molecule is Cc1cc(NS(=O)(=O)CCOC(C)C)ccc1C(=O)O. The highest BCUT2D eigenvalue weighted by Gasteiger charge is 2.13. The Labute approximate surface area is 118 Å². The summed E-state index contributed by atoms with van der Waals surface area (Å²) in [6, 6.07) is 4.29. The highest BCUT2D eigenvalue weighted by atomic mass is 32.2. The van der Waals surface area contributed by atoms with E-state index in [0.29, 0.717) is 11.3 Å². The molecule has 0 aromatic heterocycles. The van der Waals surface area contributed by atoms with Crippen molar-refractivity contribution in [1.29, 1.82) is 0 Å². The molecule has 0 bridgehead atoms. The lowest BCUT2D eigenvalue weighted by atomic mass is 10.1. The number of hydrogen-bond donors (Lipinski definition) is 2. The molecule has 0 aliphatic heterocycles. The number of hydrogen-bond acceptors (Lipinski definition) is 4. The molecule has 0 radical (unpaired) electrons. The summed E-state index contributed by atoms with van der Waals surface area (Å²) in [6.07, 6.45) is -0.0257. The Balaban J connectivity index is 2.73. The molecule has 20 heavy (non-hydrogen) atoms. The van der Waals surface area contributed by atoms with Gasteiger partial charge in [0.15, 0.2) is 0 Å². The number of carbonyl (C=O) groups is 1. The molecular formula is C13H19NO5S. The van der Waals surface area contributed by atoms with Crippen LogP contribution >= 0.6 is 0 Å². The van der Waals surface area contributed by atoms with E-state index in [1.165, 1.54) is 18.2 Å². The van der Waals surface area contributed by atoms with Gasteiger partial charge in [-0.2, -0.15) is 0 Å². The molecule has 0 aliphatic rings. The van der Waals surface area contributed by atoms with Crippen LogP contribution in [0.25, 0.3) is 0 Å². The van der Waals surface area contributed by atoms with Gasteiger partial charge in [-0.15, -0.1) is 0 Å². The summed E-state index contributed by atoms with van der Waals surface area (Å²) in [4.78, 5) is 10.9. The van der Waals surface area contributed by atoms with E-state index in [9.17, 15) is 13.2 Å². The lowest BCUT2D eigenvalue weighted by molar-refractivity contribution is 0.0696. The molecule has 1 aromatic rings. The molecule has 0 saturated carbocycles. The molecular weight excluding hydrogens is 282 g/mol. The fraction of sp³-hybridized carbons (Fsp3) is 0.462. The van der Waals surface area contributed by atoms with Crippen molar-refractivity contribution in [2.24, 2.45) is 0 Å². The Bertz CT molecular complexity index is 580. The van der Waals surface area contributed by atoms with Crippen molar-refractivity contribution in [2.75, 3.05) is 17.1 Å². The van der Waals surface area contributed by atoms with Crippen molar-refractivity contribution in [2.45, 2.75) is 26.9 Å². The van der Waals surface area contributed by atoms with Gasteiger partial charge in [-0.05, 0) is 44.5 Å². The fourth-order valence-electron chi connectivity index (χ4n) is 1.59. The lowest BCUT2D eigenvalue weighted by Crippen LogP contribution is -2.21. The molecule has 0 heterocycles. The van der Waals surface area contributed by atoms with Crippen LogP contribution in [0.3, 0.4) is 0 Å². The number of rotatable bonds is 7. The number of ether oxygens (including phenoxy) is 1. The molecule has 1 aromatic carbocycles. The number of anilines is 1. The average Bonchev–Trinajstić information content (AvgIpc) is 2.26. The van der Waals surface area contributed by atoms with E-state index in [2.05, 4.69) is 4.72 Å². The van der Waals surface area contributed by atoms with Crippen molar-refractivity contribution in [1.82, 2.24) is 0 Å². The first-order valence-corrected chi connectivity index (χ1v) is 7.82. The molecule has 7 heteroatoms. The number of carboxylic acid groups (broad SMARTS) is 1. The zero-order valence-corrected chi connectivity index (χ0v) is 12.5. The number of carboxylic acids is 1. The first kappa shape index (κ1) is 16.5. The third kappa shape index (κ3) is 5.18. The Hall–Kier alpha value is -1.60. The minimum absolute atomic E-state index is 0.0257. The molecule has 0 atom stereocenters. The Kier molecular flexibility index (Phi) is 5.52. The van der Waals surface area contributed by atoms with Crippen LogP contribution in [0.4, 0.5) is 5.69 Å². The molecule has 0 saturated heterocycles. The Morgan fingerprint density at radius 3 is 2.55 bits per heavy atom. The number of sulfonamides is 1. The lowest BCUT2D eigenvalue weighted by Gasteiger charge is -2.11. The van der Waals surface area contributed by atoms with E-state index in [0.717, 1.165) is 0 Å². The first-order chi connectivity index (χ1) is 9.21. The number of aryl methyl sites for hydroxylation is 1. The first-order valence-electron chi connectivity index (χ1n) is 6.17. The van der Waals surface area contributed by atoms with E-state index in [-0.39, 0.29) is 24.0 Å². The molecule has 2 N–H and O–H groups in total. The van der Waals surface area contributed by atoms with Gasteiger partial charge in [-0.25, -0.2) is 13.2 Å². The molecule has 1 rings (SSSR count). The summed E-state index contributed by atoms with van der Waals surface area (Å²) in [5.74, 6) is -1.19. The van der Waals surface area contributed by atoms with Gasteiger partial charge >= 0.3 is 5.97 Å². The van der Waals surface area contributed by atoms with Gasteiger partial charge in [-0.1, -0.05) is 0 Å². The maximum absolute atomic E-state index is 11.8. The van der Waals surface area contributed by atoms with E-state index in [1.807, 2.05) is 13.8 Å². The molecule has 0 fully saturated rings. The second-order valence-corrected chi connectivity index (χ2v) is 6.52. The Morgan fingerprint density at radius 2 is 2.05 bits per heavy atom. The smallest absolute Gasteiger partial charge is 0.335 e. The number of aromatic carboxylic acids is 1. The van der Waals surface area contributed by atoms with Crippen LogP contribution in [0, 0.1) is 6.92 Å². The number of benzene rings is 1. The van der Waals surface area contributed by atoms with Crippen LogP contribution in [-0.4, -0.2) is 38.0 Å². The van der Waals surface area contributed by atoms with Gasteiger partial charge in [0, 0.05) is 5.69 Å². The molecule has 0 unspecified atom stereocenters. The summed E-state index contributed by atoms with van der Waals surface area (Å²) < 4.78 is 31.2. The van der Waals surface area contributed by atoms with Crippen LogP contribution in [0.5, 0.6) is 0 Å². The van der Waals surface area contributed by atoms with E-state index < -0.39 is 16.0 Å². The van der Waals surface area contributed by atoms with E-state index >= 15 is 0 Å². The highest BCUT2D eigenvalue weighted by Crippen LogP contribution is 2.16. The van der Waals surface area contributed by atoms with Crippen molar-refractivity contribution in [3.8, 4) is 0 Å². The fourth-order valence-corrected chi connectivity index (χ4v) is 2.50. The van der Waals surface area contributed by atoms with Crippen LogP contribution < -0.4 is 4.72 Å². The topological polar surface area (TPSA) is 92.7 Å². The standard InChI is InChI=1S/C13H19NO5S/c1-9(2)19-6-7-20(17,18)14-11-4-5-12(13(15)16)10(3)8-11/h4-5,8-9,14H,6-7H2,1-3H3,(H,15,16). The summed E-state index contributed by atoms with van der Waals surface area (Å²) in [5.41, 5.74) is 0.990. The normalized spacial score (nSPS) is 11.6. The number of nitrogens with one attached hydrogen (secondary N) is 1.